The molecule has 3 rings (SSSR count). The largest absolute Gasteiger partial charge is 0.497 e. The van der Waals surface area contributed by atoms with E-state index in [1.165, 1.54) is 25.4 Å². The summed E-state index contributed by atoms with van der Waals surface area (Å²) in [5.74, 6) is 0.194. The van der Waals surface area contributed by atoms with E-state index in [1.807, 2.05) is 4.90 Å². The van der Waals surface area contributed by atoms with E-state index in [-0.39, 0.29) is 27.5 Å². The van der Waals surface area contributed by atoms with Crippen LogP contribution in [-0.2, 0) is 19.4 Å². The van der Waals surface area contributed by atoms with Crippen molar-refractivity contribution in [3.05, 3.63) is 30.5 Å². The number of hydrogen-bond acceptors (Lipinski definition) is 9. The summed E-state index contributed by atoms with van der Waals surface area (Å²) in [6.45, 7) is 3.16. The quantitative estimate of drug-likeness (QED) is 0.695. The van der Waals surface area contributed by atoms with Gasteiger partial charge in [0.1, 0.15) is 16.5 Å². The zero-order valence-corrected chi connectivity index (χ0v) is 17.2. The Morgan fingerprint density at radius 3 is 2.66 bits per heavy atom. The van der Waals surface area contributed by atoms with E-state index in [9.17, 15) is 13.2 Å². The van der Waals surface area contributed by atoms with Crippen LogP contribution in [0.1, 0.15) is 19.8 Å². The molecule has 1 atom stereocenters. The van der Waals surface area contributed by atoms with Crippen molar-refractivity contribution >= 4 is 27.6 Å². The van der Waals surface area contributed by atoms with Gasteiger partial charge in [-0.05, 0) is 44.0 Å². The Kier molecular flexibility index (Phi) is 6.21. The first kappa shape index (κ1) is 20.8. The summed E-state index contributed by atoms with van der Waals surface area (Å²) in [6, 6.07) is 6.00. The number of carbonyl (C=O) groups is 1. The molecule has 0 bridgehead atoms. The average Bonchev–Trinajstić information content (AvgIpc) is 2.73. The lowest BCUT2D eigenvalue weighted by atomic mass is 9.98. The molecule has 29 heavy (non-hydrogen) atoms. The summed E-state index contributed by atoms with van der Waals surface area (Å²) in [5, 5.41) is 0. The molecule has 1 aromatic carbocycles. The number of carbonyl (C=O) groups excluding carboxylic acids is 1. The highest BCUT2D eigenvalue weighted by atomic mass is 32.2. The molecule has 1 aliphatic rings. The Morgan fingerprint density at radius 2 is 2.03 bits per heavy atom. The van der Waals surface area contributed by atoms with Crippen molar-refractivity contribution in [2.24, 2.45) is 5.92 Å². The molecule has 2 heterocycles. The summed E-state index contributed by atoms with van der Waals surface area (Å²) in [7, 11) is -2.37. The molecule has 0 aliphatic carbocycles. The van der Waals surface area contributed by atoms with Crippen LogP contribution in [-0.4, -0.2) is 51.2 Å². The van der Waals surface area contributed by atoms with E-state index in [0.29, 0.717) is 31.4 Å². The van der Waals surface area contributed by atoms with Gasteiger partial charge in [-0.1, -0.05) is 0 Å². The highest BCUT2D eigenvalue weighted by Gasteiger charge is 2.29. The molecule has 0 spiro atoms. The standard InChI is InChI=1S/C19H24N4O5S/c1-3-28-18(24)13-5-4-10-23(12-13)19-21-11-16(17(20)22-19)29(25,26)15-8-6-14(27-2)7-9-15/h6-9,11,13H,3-5,10,12H2,1-2H3,(H2,20,21,22). The number of hydrogen-bond donors (Lipinski definition) is 1. The molecule has 1 unspecified atom stereocenters. The maximum absolute atomic E-state index is 12.9. The number of esters is 1. The predicted octanol–water partition coefficient (Wildman–Crippen LogP) is 1.68. The van der Waals surface area contributed by atoms with Gasteiger partial charge >= 0.3 is 5.97 Å². The molecule has 1 aromatic heterocycles. The fraction of sp³-hybridized carbons (Fsp3) is 0.421. The van der Waals surface area contributed by atoms with Gasteiger partial charge in [0, 0.05) is 13.1 Å². The van der Waals surface area contributed by atoms with Crippen molar-refractivity contribution in [2.45, 2.75) is 29.6 Å². The molecular formula is C19H24N4O5S. The average molecular weight is 420 g/mol. The maximum Gasteiger partial charge on any atom is 0.310 e. The first-order valence-electron chi connectivity index (χ1n) is 9.30. The van der Waals surface area contributed by atoms with E-state index >= 15 is 0 Å². The van der Waals surface area contributed by atoms with Crippen molar-refractivity contribution in [1.29, 1.82) is 0 Å². The zero-order chi connectivity index (χ0) is 21.0. The number of nitrogen functional groups attached to an aromatic ring is 1. The lowest BCUT2D eigenvalue weighted by Crippen LogP contribution is -2.40. The van der Waals surface area contributed by atoms with Crippen molar-refractivity contribution in [2.75, 3.05) is 37.4 Å². The third-order valence-electron chi connectivity index (χ3n) is 4.75. The molecule has 1 aliphatic heterocycles. The molecule has 2 N–H and O–H groups in total. The number of anilines is 2. The van der Waals surface area contributed by atoms with Crippen LogP contribution in [0.2, 0.25) is 0 Å². The van der Waals surface area contributed by atoms with Crippen LogP contribution in [0, 0.1) is 5.92 Å². The SMILES string of the molecule is CCOC(=O)C1CCCN(c2ncc(S(=O)(=O)c3ccc(OC)cc3)c(N)n2)C1. The Bertz CT molecular complexity index is 979. The second-order valence-corrected chi connectivity index (χ2v) is 8.55. The molecule has 1 fully saturated rings. The minimum atomic E-state index is -3.87. The van der Waals surface area contributed by atoms with E-state index < -0.39 is 9.84 Å². The number of piperidine rings is 1. The van der Waals surface area contributed by atoms with Crippen molar-refractivity contribution in [3.63, 3.8) is 0 Å². The second-order valence-electron chi connectivity index (χ2n) is 6.64. The van der Waals surface area contributed by atoms with Gasteiger partial charge in [0.25, 0.3) is 0 Å². The van der Waals surface area contributed by atoms with E-state index in [0.717, 1.165) is 12.8 Å². The summed E-state index contributed by atoms with van der Waals surface area (Å²) >= 11 is 0. The first-order chi connectivity index (χ1) is 13.9. The van der Waals surface area contributed by atoms with Gasteiger partial charge in [0.05, 0.1) is 30.7 Å². The Labute approximate surface area is 169 Å². The Hall–Kier alpha value is -2.88. The molecule has 156 valence electrons. The molecule has 0 radical (unpaired) electrons. The van der Waals surface area contributed by atoms with Crippen LogP contribution in [0.5, 0.6) is 5.75 Å². The number of methoxy groups -OCH3 is 1. The molecule has 10 heteroatoms. The highest BCUT2D eigenvalue weighted by molar-refractivity contribution is 7.91. The van der Waals surface area contributed by atoms with Crippen LogP contribution in [0.4, 0.5) is 11.8 Å². The summed E-state index contributed by atoms with van der Waals surface area (Å²) in [6.07, 6.45) is 2.72. The fourth-order valence-electron chi connectivity index (χ4n) is 3.23. The highest BCUT2D eigenvalue weighted by Crippen LogP contribution is 2.28. The van der Waals surface area contributed by atoms with Crippen LogP contribution in [0.15, 0.2) is 40.3 Å². The molecule has 9 nitrogen and oxygen atoms in total. The minimum absolute atomic E-state index is 0.0710. The molecule has 1 saturated heterocycles. The Balaban J connectivity index is 1.83. The zero-order valence-electron chi connectivity index (χ0n) is 16.4. The predicted molar refractivity (Wildman–Crippen MR) is 106 cm³/mol. The number of benzene rings is 1. The second kappa shape index (κ2) is 8.64. The summed E-state index contributed by atoms with van der Waals surface area (Å²) in [4.78, 5) is 22.2. The number of rotatable bonds is 6. The lowest BCUT2D eigenvalue weighted by molar-refractivity contribution is -0.148. The lowest BCUT2D eigenvalue weighted by Gasteiger charge is -2.31. The van der Waals surface area contributed by atoms with Crippen molar-refractivity contribution in [3.8, 4) is 5.75 Å². The molecule has 0 amide bonds. The summed E-state index contributed by atoms with van der Waals surface area (Å²) in [5.41, 5.74) is 5.98. The topological polar surface area (TPSA) is 125 Å². The van der Waals surface area contributed by atoms with Gasteiger partial charge in [0.2, 0.25) is 15.8 Å². The molecule has 0 saturated carbocycles. The fourth-order valence-corrected chi connectivity index (χ4v) is 4.49. The van der Waals surface area contributed by atoms with Gasteiger partial charge in [-0.2, -0.15) is 4.98 Å². The third-order valence-corrected chi connectivity index (χ3v) is 6.54. The van der Waals surface area contributed by atoms with Crippen LogP contribution in [0.25, 0.3) is 0 Å². The third kappa shape index (κ3) is 4.42. The maximum atomic E-state index is 12.9. The smallest absolute Gasteiger partial charge is 0.310 e. The molecule has 2 aromatic rings. The number of nitrogens with two attached hydrogens (primary N) is 1. The van der Waals surface area contributed by atoms with Crippen molar-refractivity contribution in [1.82, 2.24) is 9.97 Å². The van der Waals surface area contributed by atoms with Crippen LogP contribution < -0.4 is 15.4 Å². The number of aromatic nitrogens is 2. The van der Waals surface area contributed by atoms with Gasteiger partial charge in [-0.15, -0.1) is 0 Å². The molecular weight excluding hydrogens is 396 g/mol. The van der Waals surface area contributed by atoms with Gasteiger partial charge < -0.3 is 20.1 Å². The summed E-state index contributed by atoms with van der Waals surface area (Å²) < 4.78 is 35.9. The van der Waals surface area contributed by atoms with Crippen molar-refractivity contribution < 1.29 is 22.7 Å². The van der Waals surface area contributed by atoms with Crippen LogP contribution >= 0.6 is 0 Å². The van der Waals surface area contributed by atoms with Crippen LogP contribution in [0.3, 0.4) is 0 Å². The monoisotopic (exact) mass is 420 g/mol. The van der Waals surface area contributed by atoms with Gasteiger partial charge in [0.15, 0.2) is 0 Å². The normalized spacial score (nSPS) is 17.0. The van der Waals surface area contributed by atoms with E-state index in [1.54, 1.807) is 19.1 Å². The van der Waals surface area contributed by atoms with E-state index in [4.69, 9.17) is 15.2 Å². The number of sulfone groups is 1. The number of nitrogens with zero attached hydrogens (tertiary/aromatic N) is 3. The Morgan fingerprint density at radius 1 is 1.31 bits per heavy atom. The van der Waals surface area contributed by atoms with Gasteiger partial charge in [-0.3, -0.25) is 4.79 Å². The van der Waals surface area contributed by atoms with E-state index in [2.05, 4.69) is 9.97 Å². The number of ether oxygens (including phenoxy) is 2. The first-order valence-corrected chi connectivity index (χ1v) is 10.8. The van der Waals surface area contributed by atoms with Gasteiger partial charge in [-0.25, -0.2) is 13.4 Å². The minimum Gasteiger partial charge on any atom is -0.497 e.